The van der Waals surface area contributed by atoms with Gasteiger partial charge in [-0.15, -0.1) is 0 Å². The number of benzene rings is 6. The SMILES string of the molecule is Cc1cc2c(-c3cccc(CCCC(=O)[O-])c3)c(CC(=O)Nc3ccc(F)cc3C(F)(F)F)c(=O)oc2cc1Cl.Cc1cc2c(-c3cccc(CCCC(=O)[O-])c3)c(CC(=O)Nc3ccc(F)cc3C(F)(F)F)c(=O)oc2cc1Cl.[Ca+2]. The molecule has 2 heterocycles. The Morgan fingerprint density at radius 1 is 0.543 bits per heavy atom. The molecule has 0 fully saturated rings. The monoisotopic (exact) mass is 1190 g/mol. The van der Waals surface area contributed by atoms with Crippen molar-refractivity contribution in [1.82, 2.24) is 0 Å². The van der Waals surface area contributed by atoms with E-state index in [1.807, 2.05) is 0 Å². The van der Waals surface area contributed by atoms with Gasteiger partial charge in [-0.2, -0.15) is 26.3 Å². The fourth-order valence-electron chi connectivity index (χ4n) is 8.79. The summed E-state index contributed by atoms with van der Waals surface area (Å²) in [5.74, 6) is -6.54. The maximum atomic E-state index is 13.5. The third-order valence-electron chi connectivity index (χ3n) is 12.5. The number of alkyl halides is 6. The maximum Gasteiger partial charge on any atom is 2.00 e. The van der Waals surface area contributed by atoms with Crippen LogP contribution in [0.2, 0.25) is 10.0 Å². The summed E-state index contributed by atoms with van der Waals surface area (Å²) in [6.07, 6.45) is -10.1. The van der Waals surface area contributed by atoms with Crippen molar-refractivity contribution >= 4 is 118 Å². The number of rotatable bonds is 16. The molecule has 0 unspecified atom stereocenters. The Balaban J connectivity index is 0.000000258. The number of anilines is 2. The molecule has 2 aromatic heterocycles. The smallest absolute Gasteiger partial charge is 0.550 e. The molecule has 0 aliphatic carbocycles. The molecule has 8 rings (SSSR count). The summed E-state index contributed by atoms with van der Waals surface area (Å²) in [5, 5.41) is 27.4. The summed E-state index contributed by atoms with van der Waals surface area (Å²) in [6, 6.07) is 23.7. The summed E-state index contributed by atoms with van der Waals surface area (Å²) in [6.45, 7) is 3.46. The van der Waals surface area contributed by atoms with Crippen molar-refractivity contribution in [3.05, 3.63) is 196 Å². The van der Waals surface area contributed by atoms with Crippen molar-refractivity contribution in [3.63, 3.8) is 0 Å². The minimum Gasteiger partial charge on any atom is -0.550 e. The normalized spacial score (nSPS) is 11.4. The van der Waals surface area contributed by atoms with Gasteiger partial charge in [0, 0.05) is 56.0 Å². The summed E-state index contributed by atoms with van der Waals surface area (Å²) in [7, 11) is 0. The zero-order valence-electron chi connectivity index (χ0n) is 42.6. The topological polar surface area (TPSA) is 199 Å². The Morgan fingerprint density at radius 2 is 0.914 bits per heavy atom. The van der Waals surface area contributed by atoms with Crippen LogP contribution in [-0.2, 0) is 57.2 Å². The van der Waals surface area contributed by atoms with Gasteiger partial charge in [-0.25, -0.2) is 18.4 Å². The van der Waals surface area contributed by atoms with Gasteiger partial charge < -0.3 is 39.3 Å². The van der Waals surface area contributed by atoms with Crippen LogP contribution in [0.4, 0.5) is 46.5 Å². The molecule has 2 amide bonds. The van der Waals surface area contributed by atoms with Crippen molar-refractivity contribution in [2.45, 2.75) is 77.6 Å². The van der Waals surface area contributed by atoms with E-state index < -0.39 is 94.3 Å². The van der Waals surface area contributed by atoms with E-state index in [4.69, 9.17) is 32.0 Å². The summed E-state index contributed by atoms with van der Waals surface area (Å²) in [4.78, 5) is 73.8. The van der Waals surface area contributed by atoms with Gasteiger partial charge in [-0.3, -0.25) is 9.59 Å². The number of aliphatic carboxylic acids is 2. The molecule has 0 spiro atoms. The fourth-order valence-corrected chi connectivity index (χ4v) is 9.09. The number of aryl methyl sites for hydroxylation is 4. The first-order chi connectivity index (χ1) is 37.7. The molecule has 0 aliphatic rings. The standard InChI is InChI=1S/2C29H22ClF4NO5.Ca/c2*1-15-10-19-24(14-22(15)30)40-28(39)20(27(19)17-6-2-4-16(11-17)5-3-7-26(37)38)13-25(36)35-23-9-8-18(31)12-21(23)29(32,33)34;/h2*2,4,6,8-12,14H,3,5,7,13H2,1H3,(H,35,36)(H,37,38);/q;;+2/p-2. The second-order valence-electron chi connectivity index (χ2n) is 18.4. The Kier molecular flexibility index (Phi) is 20.8. The van der Waals surface area contributed by atoms with Gasteiger partial charge in [0.2, 0.25) is 11.8 Å². The van der Waals surface area contributed by atoms with Gasteiger partial charge >= 0.3 is 61.3 Å². The zero-order valence-corrected chi connectivity index (χ0v) is 46.3. The van der Waals surface area contributed by atoms with E-state index in [2.05, 4.69) is 10.6 Å². The largest absolute Gasteiger partial charge is 2.00 e. The Labute approximate surface area is 494 Å². The quantitative estimate of drug-likeness (QED) is 0.0533. The molecule has 0 radical (unpaired) electrons. The third-order valence-corrected chi connectivity index (χ3v) is 13.3. The number of nitrogens with one attached hydrogen (secondary N) is 2. The fraction of sp³-hybridized carbons (Fsp3) is 0.207. The zero-order chi connectivity index (χ0) is 58.4. The van der Waals surface area contributed by atoms with Gasteiger partial charge in [0.15, 0.2) is 0 Å². The molecule has 8 aromatic rings. The van der Waals surface area contributed by atoms with Crippen molar-refractivity contribution < 1.29 is 73.3 Å². The number of hydrogen-bond donors (Lipinski definition) is 2. The van der Waals surface area contributed by atoms with Crippen molar-refractivity contribution in [2.24, 2.45) is 0 Å². The van der Waals surface area contributed by atoms with Gasteiger partial charge in [0.05, 0.1) is 46.5 Å². The van der Waals surface area contributed by atoms with Crippen LogP contribution < -0.4 is 32.1 Å². The molecule has 2 N–H and O–H groups in total. The number of carbonyl (C=O) groups is 4. The second kappa shape index (κ2) is 26.7. The predicted octanol–water partition coefficient (Wildman–Crippen LogP) is 11.3. The minimum atomic E-state index is -4.94. The van der Waals surface area contributed by atoms with E-state index in [1.165, 1.54) is 12.1 Å². The predicted molar refractivity (Wildman–Crippen MR) is 284 cm³/mol. The number of carbonyl (C=O) groups excluding carboxylic acids is 4. The van der Waals surface area contributed by atoms with Gasteiger partial charge in [0.25, 0.3) is 0 Å². The first kappa shape index (κ1) is 63.1. The molecule has 0 aliphatic heterocycles. The number of amides is 2. The summed E-state index contributed by atoms with van der Waals surface area (Å²) >= 11 is 12.5. The van der Waals surface area contributed by atoms with Crippen LogP contribution in [0.15, 0.2) is 128 Å². The number of carboxylic acid groups (broad SMARTS) is 2. The van der Waals surface area contributed by atoms with Crippen molar-refractivity contribution in [1.29, 1.82) is 0 Å². The number of fused-ring (bicyclic) bond motifs is 2. The molecule has 81 heavy (non-hydrogen) atoms. The Hall–Kier alpha value is -7.10. The first-order valence-corrected chi connectivity index (χ1v) is 24.9. The van der Waals surface area contributed by atoms with Gasteiger partial charge in [-0.1, -0.05) is 71.7 Å². The molecule has 0 atom stereocenters. The molecular weight excluding hydrogens is 1150 g/mol. The van der Waals surface area contributed by atoms with Crippen LogP contribution in [0.25, 0.3) is 44.2 Å². The van der Waals surface area contributed by atoms with E-state index in [-0.39, 0.29) is 85.0 Å². The first-order valence-electron chi connectivity index (χ1n) is 24.1. The molecule has 0 bridgehead atoms. The molecule has 416 valence electrons. The van der Waals surface area contributed by atoms with E-state index >= 15 is 0 Å². The van der Waals surface area contributed by atoms with Crippen LogP contribution in [0.1, 0.15) is 70.2 Å². The second-order valence-corrected chi connectivity index (χ2v) is 19.2. The van der Waals surface area contributed by atoms with E-state index in [1.54, 1.807) is 74.5 Å². The average Bonchev–Trinajstić information content (AvgIpc) is 3.40. The van der Waals surface area contributed by atoms with Crippen LogP contribution in [0.3, 0.4) is 0 Å². The molecule has 0 saturated carbocycles. The number of halogens is 10. The minimum absolute atomic E-state index is 0. The number of carboxylic acids is 2. The van der Waals surface area contributed by atoms with Crippen LogP contribution in [-0.4, -0.2) is 61.5 Å². The average molecular weight is 1190 g/mol. The Morgan fingerprint density at radius 3 is 1.26 bits per heavy atom. The van der Waals surface area contributed by atoms with E-state index in [0.29, 0.717) is 79.9 Å². The van der Waals surface area contributed by atoms with Crippen molar-refractivity contribution in [2.75, 3.05) is 10.6 Å². The summed E-state index contributed by atoms with van der Waals surface area (Å²) < 4.78 is 119. The molecule has 23 heteroatoms. The molecule has 12 nitrogen and oxygen atoms in total. The molecule has 0 saturated heterocycles. The Bertz CT molecular complexity index is 3620. The van der Waals surface area contributed by atoms with Gasteiger partial charge in [0.1, 0.15) is 22.8 Å². The number of hydrogen-bond acceptors (Lipinski definition) is 10. The molecule has 6 aromatic carbocycles. The third kappa shape index (κ3) is 16.1. The molecular formula is C58H42CaCl2F8N2O10. The van der Waals surface area contributed by atoms with Crippen LogP contribution in [0.5, 0.6) is 0 Å². The van der Waals surface area contributed by atoms with E-state index in [9.17, 15) is 74.1 Å². The maximum absolute atomic E-state index is 13.5. The summed E-state index contributed by atoms with van der Waals surface area (Å²) in [5.41, 5.74) is -1.38. The van der Waals surface area contributed by atoms with Crippen LogP contribution >= 0.6 is 23.2 Å². The van der Waals surface area contributed by atoms with E-state index in [0.717, 1.165) is 35.4 Å². The van der Waals surface area contributed by atoms with Crippen molar-refractivity contribution in [3.8, 4) is 22.3 Å². The van der Waals surface area contributed by atoms with Gasteiger partial charge in [-0.05, 0) is 134 Å². The van der Waals surface area contributed by atoms with Crippen LogP contribution in [0, 0.1) is 25.5 Å².